The topological polar surface area (TPSA) is 84.5 Å². The molecule has 190 valence electrons. The van der Waals surface area contributed by atoms with Crippen molar-refractivity contribution in [1.29, 1.82) is 0 Å². The molecule has 34 heavy (non-hydrogen) atoms. The third-order valence-corrected chi connectivity index (χ3v) is 5.53. The zero-order valence-electron chi connectivity index (χ0n) is 21.6. The van der Waals surface area contributed by atoms with Crippen LogP contribution in [0.2, 0.25) is 0 Å². The molecule has 0 spiro atoms. The van der Waals surface area contributed by atoms with E-state index in [1.165, 1.54) is 30.1 Å². The molecule has 9 heteroatoms. The van der Waals surface area contributed by atoms with E-state index in [1.807, 2.05) is 20.8 Å². The van der Waals surface area contributed by atoms with Crippen LogP contribution in [0.5, 0.6) is 11.5 Å². The van der Waals surface area contributed by atoms with Crippen LogP contribution >= 0.6 is 0 Å². The first-order valence-electron chi connectivity index (χ1n) is 11.5. The molecule has 1 fully saturated rings. The van der Waals surface area contributed by atoms with E-state index in [1.54, 1.807) is 26.3 Å². The van der Waals surface area contributed by atoms with Gasteiger partial charge in [0, 0.05) is 25.7 Å². The molecule has 1 aromatic heterocycles. The normalized spacial score (nSPS) is 22.4. The number of benzene rings is 1. The Labute approximate surface area is 201 Å². The van der Waals surface area contributed by atoms with Crippen LogP contribution in [0.15, 0.2) is 44.4 Å². The van der Waals surface area contributed by atoms with E-state index in [9.17, 15) is 4.79 Å². The number of hydrogen-bond acceptors (Lipinski definition) is 8. The van der Waals surface area contributed by atoms with E-state index >= 15 is 0 Å². The van der Waals surface area contributed by atoms with Gasteiger partial charge in [0.05, 0.1) is 33.0 Å². The first-order valence-corrected chi connectivity index (χ1v) is 11.5. The van der Waals surface area contributed by atoms with E-state index in [2.05, 4.69) is 18.0 Å². The van der Waals surface area contributed by atoms with Gasteiger partial charge in [-0.15, -0.1) is 0 Å². The molecule has 2 aromatic rings. The zero-order chi connectivity index (χ0) is 25.3. The number of hydrogen-bond donors (Lipinski definition) is 0. The molecule has 3 heterocycles. The average Bonchev–Trinajstić information content (AvgIpc) is 3.17. The van der Waals surface area contributed by atoms with E-state index in [-0.39, 0.29) is 6.10 Å². The lowest BCUT2D eigenvalue weighted by Gasteiger charge is -2.28. The molecule has 4 rings (SSSR count). The van der Waals surface area contributed by atoms with Gasteiger partial charge in [-0.1, -0.05) is 19.9 Å². The van der Waals surface area contributed by atoms with Crippen molar-refractivity contribution in [3.63, 3.8) is 0 Å². The quantitative estimate of drug-likeness (QED) is 0.660. The maximum Gasteiger partial charge on any atom is 0.369 e. The highest BCUT2D eigenvalue weighted by atomic mass is 16.7. The van der Waals surface area contributed by atoms with Crippen LogP contribution in [0.1, 0.15) is 27.2 Å². The second-order valence-corrected chi connectivity index (χ2v) is 7.70. The van der Waals surface area contributed by atoms with E-state index in [0.29, 0.717) is 35.8 Å². The summed E-state index contributed by atoms with van der Waals surface area (Å²) in [4.78, 5) is 13.8. The lowest BCUT2D eigenvalue weighted by atomic mass is 9.95. The van der Waals surface area contributed by atoms with E-state index < -0.39 is 5.63 Å². The summed E-state index contributed by atoms with van der Waals surface area (Å²) in [5.74, 6) is 1.85. The fraction of sp³-hybridized carbons (Fsp3) is 0.560. The summed E-state index contributed by atoms with van der Waals surface area (Å²) in [6, 6.07) is 3.48. The number of methoxy groups -OCH3 is 3. The standard InChI is InChI=1S/C13H21NO3.C10H11NO4.C2H6/c1-10-6-11-4-5-14(2)7-12(11)13(15-3)8-16-9-17-10;1-11-6-4-5-7(13-2)9(14-3)8(6)10(12)15-11;1-2/h6,10H,4-5,7-9H2,1-3H3;4-5H,1-3H3;1-2H3/b11-6-,13-12+;;. The van der Waals surface area contributed by atoms with Gasteiger partial charge in [0.25, 0.3) is 0 Å². The van der Waals surface area contributed by atoms with Crippen molar-refractivity contribution in [1.82, 2.24) is 9.64 Å². The monoisotopic (exact) mass is 478 g/mol. The smallest absolute Gasteiger partial charge is 0.369 e. The number of ether oxygens (including phenoxy) is 5. The van der Waals surface area contributed by atoms with Crippen molar-refractivity contribution >= 4 is 10.9 Å². The van der Waals surface area contributed by atoms with Crippen LogP contribution in [0.4, 0.5) is 0 Å². The number of likely N-dealkylation sites (tertiary alicyclic amines) is 1. The molecule has 0 aliphatic carbocycles. The van der Waals surface area contributed by atoms with Gasteiger partial charge in [0.15, 0.2) is 11.5 Å². The highest BCUT2D eigenvalue weighted by Gasteiger charge is 2.22. The van der Waals surface area contributed by atoms with Crippen molar-refractivity contribution in [2.75, 3.05) is 54.9 Å². The number of nitrogens with zero attached hydrogens (tertiary/aromatic N) is 2. The van der Waals surface area contributed by atoms with Crippen molar-refractivity contribution in [2.24, 2.45) is 7.05 Å². The summed E-state index contributed by atoms with van der Waals surface area (Å²) in [6.45, 7) is 8.86. The molecule has 2 aliphatic heterocycles. The molecular formula is C25H38N2O7. The maximum absolute atomic E-state index is 11.5. The Morgan fingerprint density at radius 1 is 1.06 bits per heavy atom. The summed E-state index contributed by atoms with van der Waals surface area (Å²) in [6.07, 6.45) is 3.34. The van der Waals surface area contributed by atoms with Gasteiger partial charge >= 0.3 is 5.63 Å². The number of fused-ring (bicyclic) bond motifs is 2. The van der Waals surface area contributed by atoms with Gasteiger partial charge in [-0.05, 0) is 38.1 Å². The van der Waals surface area contributed by atoms with Crippen molar-refractivity contribution in [3.05, 3.63) is 45.5 Å². The Morgan fingerprint density at radius 2 is 1.79 bits per heavy atom. The molecule has 1 atom stereocenters. The fourth-order valence-electron chi connectivity index (χ4n) is 3.85. The number of rotatable bonds is 3. The van der Waals surface area contributed by atoms with Crippen LogP contribution in [0.25, 0.3) is 10.9 Å². The van der Waals surface area contributed by atoms with Crippen molar-refractivity contribution in [3.8, 4) is 11.5 Å². The fourth-order valence-corrected chi connectivity index (χ4v) is 3.85. The van der Waals surface area contributed by atoms with Crippen LogP contribution < -0.4 is 15.1 Å². The molecule has 1 aromatic carbocycles. The molecule has 9 nitrogen and oxygen atoms in total. The Bertz CT molecular complexity index is 1050. The number of likely N-dealkylation sites (N-methyl/N-ethyl adjacent to an activating group) is 1. The van der Waals surface area contributed by atoms with Crippen LogP contribution in [0, 0.1) is 0 Å². The molecule has 1 saturated heterocycles. The highest BCUT2D eigenvalue weighted by Crippen LogP contribution is 2.33. The largest absolute Gasteiger partial charge is 0.498 e. The predicted molar refractivity (Wildman–Crippen MR) is 132 cm³/mol. The second kappa shape index (κ2) is 13.2. The average molecular weight is 479 g/mol. The molecule has 0 radical (unpaired) electrons. The summed E-state index contributed by atoms with van der Waals surface area (Å²) in [5, 5.41) is 0.402. The number of piperidine rings is 1. The third kappa shape index (κ3) is 6.43. The van der Waals surface area contributed by atoms with Gasteiger partial charge in [-0.2, -0.15) is 0 Å². The van der Waals surface area contributed by atoms with Crippen LogP contribution in [-0.2, 0) is 21.3 Å². The molecular weight excluding hydrogens is 440 g/mol. The SMILES string of the molecule is CC.CO/C1=C2\CN(C)CC\C2=C\C(C)OCOC1.COc1ccc2c(c1OC)c(=O)on2C. The zero-order valence-corrected chi connectivity index (χ0v) is 21.6. The number of aryl methyl sites for hydroxylation is 1. The van der Waals surface area contributed by atoms with E-state index in [4.69, 9.17) is 28.2 Å². The number of aromatic nitrogens is 1. The molecule has 1 unspecified atom stereocenters. The molecule has 0 N–H and O–H groups in total. The Morgan fingerprint density at radius 3 is 2.44 bits per heavy atom. The minimum absolute atomic E-state index is 0.0969. The Balaban J connectivity index is 0.000000225. The highest BCUT2D eigenvalue weighted by molar-refractivity contribution is 5.87. The third-order valence-electron chi connectivity index (χ3n) is 5.53. The summed E-state index contributed by atoms with van der Waals surface area (Å²) >= 11 is 0. The first-order chi connectivity index (χ1) is 16.4. The molecule has 0 amide bonds. The van der Waals surface area contributed by atoms with Crippen molar-refractivity contribution in [2.45, 2.75) is 33.3 Å². The minimum Gasteiger partial charge on any atom is -0.498 e. The molecule has 2 aliphatic rings. The minimum atomic E-state index is -0.428. The van der Waals surface area contributed by atoms with Crippen LogP contribution in [-0.4, -0.2) is 70.6 Å². The van der Waals surface area contributed by atoms with Gasteiger partial charge in [0.2, 0.25) is 0 Å². The molecule has 0 bridgehead atoms. The van der Waals surface area contributed by atoms with Crippen molar-refractivity contribution < 1.29 is 28.2 Å². The maximum atomic E-state index is 11.5. The van der Waals surface area contributed by atoms with E-state index in [0.717, 1.165) is 25.3 Å². The van der Waals surface area contributed by atoms with Gasteiger partial charge in [0.1, 0.15) is 24.5 Å². The molecule has 0 saturated carbocycles. The van der Waals surface area contributed by atoms with Gasteiger partial charge in [-0.25, -0.2) is 9.53 Å². The van der Waals surface area contributed by atoms with Gasteiger partial charge < -0.3 is 33.1 Å². The second-order valence-electron chi connectivity index (χ2n) is 7.70. The Hall–Kier alpha value is -2.75. The summed E-state index contributed by atoms with van der Waals surface area (Å²) in [5.41, 5.74) is 2.86. The first kappa shape index (κ1) is 27.5. The summed E-state index contributed by atoms with van der Waals surface area (Å²) in [7, 11) is 8.51. The summed E-state index contributed by atoms with van der Waals surface area (Å²) < 4.78 is 33.0. The Kier molecular flexibility index (Phi) is 10.7. The predicted octanol–water partition coefficient (Wildman–Crippen LogP) is 3.72. The van der Waals surface area contributed by atoms with Gasteiger partial charge in [-0.3, -0.25) is 0 Å². The van der Waals surface area contributed by atoms with Crippen LogP contribution in [0.3, 0.4) is 0 Å². The lowest BCUT2D eigenvalue weighted by molar-refractivity contribution is -0.0696. The lowest BCUT2D eigenvalue weighted by Crippen LogP contribution is -2.30.